The molecular weight excluding hydrogens is 318 g/mol. The van der Waals surface area contributed by atoms with Gasteiger partial charge < -0.3 is 5.48 Å². The molecule has 0 fully saturated rings. The highest BCUT2D eigenvalue weighted by molar-refractivity contribution is 5.81. The van der Waals surface area contributed by atoms with Crippen LogP contribution in [0.4, 0.5) is 22.7 Å². The van der Waals surface area contributed by atoms with Crippen LogP contribution in [0.5, 0.6) is 0 Å². The molecule has 2 heteroatoms. The van der Waals surface area contributed by atoms with Crippen LogP contribution in [0.3, 0.4) is 0 Å². The summed E-state index contributed by atoms with van der Waals surface area (Å²) >= 11 is 0. The Bertz CT molecular complexity index is 759. The third-order valence-electron chi connectivity index (χ3n) is 4.57. The molecule has 4 rings (SSSR count). The van der Waals surface area contributed by atoms with E-state index in [1.54, 1.807) is 0 Å². The minimum Gasteiger partial charge on any atom is -0.870 e. The zero-order chi connectivity index (χ0) is 17.0. The molecule has 0 unspecified atom stereocenters. The van der Waals surface area contributed by atoms with Gasteiger partial charge in [0.05, 0.1) is 0 Å². The monoisotopic (exact) mass is 339 g/mol. The average molecular weight is 339 g/mol. The Morgan fingerprint density at radius 1 is 0.308 bits per heavy atom. The van der Waals surface area contributed by atoms with Gasteiger partial charge in [0.15, 0.2) is 0 Å². The van der Waals surface area contributed by atoms with Gasteiger partial charge in [0.25, 0.3) is 0 Å². The minimum atomic E-state index is 0. The lowest BCUT2D eigenvalue weighted by Gasteiger charge is -2.37. The first-order valence-electron chi connectivity index (χ1n) is 8.54. The van der Waals surface area contributed by atoms with Crippen LogP contribution in [0, 0.1) is 0 Å². The lowest BCUT2D eigenvalue weighted by atomic mass is 10.1. The van der Waals surface area contributed by atoms with Gasteiger partial charge in [0.2, 0.25) is 0 Å². The molecule has 128 valence electrons. The van der Waals surface area contributed by atoms with Crippen molar-refractivity contribution < 1.29 is 5.48 Å². The van der Waals surface area contributed by atoms with Gasteiger partial charge in [-0.05, 0) is 0 Å². The lowest BCUT2D eigenvalue weighted by molar-refractivity contribution is 0.704. The van der Waals surface area contributed by atoms with E-state index < -0.39 is 0 Å². The molecule has 0 aliphatic rings. The van der Waals surface area contributed by atoms with Crippen molar-refractivity contribution in [1.29, 1.82) is 0 Å². The maximum absolute atomic E-state index is 2.20. The summed E-state index contributed by atoms with van der Waals surface area (Å²) in [6.07, 6.45) is 0. The van der Waals surface area contributed by atoms with E-state index in [0.717, 1.165) is 0 Å². The van der Waals surface area contributed by atoms with Crippen LogP contribution < -0.4 is 4.48 Å². The summed E-state index contributed by atoms with van der Waals surface area (Å²) in [4.78, 5) is 0. The van der Waals surface area contributed by atoms with Crippen molar-refractivity contribution in [3.8, 4) is 0 Å². The first-order chi connectivity index (χ1) is 12.4. The fourth-order valence-corrected chi connectivity index (χ4v) is 3.50. The van der Waals surface area contributed by atoms with Gasteiger partial charge in [-0.15, -0.1) is 0 Å². The fourth-order valence-electron chi connectivity index (χ4n) is 3.50. The van der Waals surface area contributed by atoms with E-state index in [2.05, 4.69) is 121 Å². The summed E-state index contributed by atoms with van der Waals surface area (Å²) < 4.78 is 0.559. The van der Waals surface area contributed by atoms with Crippen LogP contribution in [0.15, 0.2) is 121 Å². The molecule has 26 heavy (non-hydrogen) atoms. The zero-order valence-electron chi connectivity index (χ0n) is 14.4. The van der Waals surface area contributed by atoms with E-state index in [-0.39, 0.29) is 5.48 Å². The Labute approximate surface area is 154 Å². The van der Waals surface area contributed by atoms with Crippen molar-refractivity contribution in [2.75, 3.05) is 0 Å². The second-order valence-electron chi connectivity index (χ2n) is 6.01. The molecule has 0 amide bonds. The normalized spacial score (nSPS) is 10.8. The number of hydrogen-bond acceptors (Lipinski definition) is 1. The topological polar surface area (TPSA) is 30.0 Å². The van der Waals surface area contributed by atoms with Gasteiger partial charge >= 0.3 is 0 Å². The first kappa shape index (κ1) is 17.6. The molecule has 4 aromatic carbocycles. The number of nitrogens with zero attached hydrogens (tertiary/aromatic N) is 1. The molecule has 0 saturated heterocycles. The SMILES string of the molecule is [OH-].c1ccc([N+](c2ccccc2)(c2ccccc2)c2ccccc2)cc1. The van der Waals surface area contributed by atoms with Crippen molar-refractivity contribution in [2.45, 2.75) is 0 Å². The highest BCUT2D eigenvalue weighted by Crippen LogP contribution is 2.50. The predicted molar refractivity (Wildman–Crippen MR) is 108 cm³/mol. The fraction of sp³-hybridized carbons (Fsp3) is 0. The summed E-state index contributed by atoms with van der Waals surface area (Å²) in [5, 5.41) is 0. The van der Waals surface area contributed by atoms with Gasteiger partial charge in [-0.1, -0.05) is 72.8 Å². The molecule has 0 radical (unpaired) electrons. The molecule has 2 nitrogen and oxygen atoms in total. The molecular formula is C24H21NO. The van der Waals surface area contributed by atoms with Crippen LogP contribution in [-0.4, -0.2) is 5.48 Å². The lowest BCUT2D eigenvalue weighted by Crippen LogP contribution is -2.33. The number of para-hydroxylation sites is 4. The Morgan fingerprint density at radius 2 is 0.500 bits per heavy atom. The maximum Gasteiger partial charge on any atom is 0.148 e. The van der Waals surface area contributed by atoms with Gasteiger partial charge in [0.1, 0.15) is 22.7 Å². The van der Waals surface area contributed by atoms with Crippen molar-refractivity contribution in [3.63, 3.8) is 0 Å². The molecule has 0 aliphatic heterocycles. The maximum atomic E-state index is 2.20. The van der Waals surface area contributed by atoms with Gasteiger partial charge in [-0.3, -0.25) is 0 Å². The van der Waals surface area contributed by atoms with Gasteiger partial charge in [-0.2, -0.15) is 4.48 Å². The zero-order valence-corrected chi connectivity index (χ0v) is 14.4. The summed E-state index contributed by atoms with van der Waals surface area (Å²) in [6.45, 7) is 0. The summed E-state index contributed by atoms with van der Waals surface area (Å²) in [7, 11) is 0. The van der Waals surface area contributed by atoms with Crippen LogP contribution >= 0.6 is 0 Å². The molecule has 0 atom stereocenters. The van der Waals surface area contributed by atoms with Gasteiger partial charge in [-0.25, -0.2) is 0 Å². The Balaban J connectivity index is 0.00000196. The Hall–Kier alpha value is -3.20. The molecule has 0 heterocycles. The Morgan fingerprint density at radius 3 is 0.692 bits per heavy atom. The van der Waals surface area contributed by atoms with Gasteiger partial charge in [0, 0.05) is 48.5 Å². The highest BCUT2D eigenvalue weighted by Gasteiger charge is 2.38. The van der Waals surface area contributed by atoms with Crippen LogP contribution in [0.2, 0.25) is 0 Å². The van der Waals surface area contributed by atoms with Crippen LogP contribution in [0.25, 0.3) is 0 Å². The number of quaternary nitrogens is 1. The molecule has 4 aromatic rings. The Kier molecular flexibility index (Phi) is 5.28. The van der Waals surface area contributed by atoms with E-state index in [0.29, 0.717) is 4.48 Å². The first-order valence-corrected chi connectivity index (χ1v) is 8.54. The molecule has 0 spiro atoms. The molecule has 0 aromatic heterocycles. The van der Waals surface area contributed by atoms with E-state index in [1.165, 1.54) is 22.7 Å². The third kappa shape index (κ3) is 2.92. The van der Waals surface area contributed by atoms with Crippen molar-refractivity contribution in [3.05, 3.63) is 121 Å². The van der Waals surface area contributed by atoms with Crippen molar-refractivity contribution in [1.82, 2.24) is 4.48 Å². The highest BCUT2D eigenvalue weighted by atomic mass is 16.0. The summed E-state index contributed by atoms with van der Waals surface area (Å²) in [5.41, 5.74) is 4.86. The largest absolute Gasteiger partial charge is 0.870 e. The van der Waals surface area contributed by atoms with Crippen LogP contribution in [-0.2, 0) is 0 Å². The van der Waals surface area contributed by atoms with E-state index >= 15 is 0 Å². The second-order valence-corrected chi connectivity index (χ2v) is 6.01. The minimum absolute atomic E-state index is 0. The third-order valence-corrected chi connectivity index (χ3v) is 4.57. The van der Waals surface area contributed by atoms with Crippen molar-refractivity contribution in [2.24, 2.45) is 0 Å². The molecule has 0 saturated carbocycles. The smallest absolute Gasteiger partial charge is 0.148 e. The molecule has 0 aliphatic carbocycles. The predicted octanol–water partition coefficient (Wildman–Crippen LogP) is 6.81. The molecule has 1 N–H and O–H groups in total. The number of rotatable bonds is 4. The molecule has 0 bridgehead atoms. The number of benzene rings is 4. The standard InChI is InChI=1S/C24H20N.H2O/c1-5-13-21(14-6-1)25(22-15-7-2-8-16-22,23-17-9-3-10-18-23)24-19-11-4-12-20-24;/h1-20H;1H2/q+1;/p-1. The van der Waals surface area contributed by atoms with Crippen LogP contribution in [0.1, 0.15) is 0 Å². The van der Waals surface area contributed by atoms with E-state index in [1.807, 2.05) is 0 Å². The summed E-state index contributed by atoms with van der Waals surface area (Å²) in [5.74, 6) is 0. The van der Waals surface area contributed by atoms with E-state index in [4.69, 9.17) is 0 Å². The van der Waals surface area contributed by atoms with E-state index in [9.17, 15) is 0 Å². The quantitative estimate of drug-likeness (QED) is 0.375. The average Bonchev–Trinajstić information content (AvgIpc) is 2.72. The van der Waals surface area contributed by atoms with Crippen molar-refractivity contribution >= 4 is 22.7 Å². The summed E-state index contributed by atoms with van der Waals surface area (Å²) in [6, 6.07) is 42.8. The second kappa shape index (κ2) is 7.79. The number of hydrogen-bond donors (Lipinski definition) is 0.